The van der Waals surface area contributed by atoms with E-state index in [2.05, 4.69) is 9.97 Å². The Labute approximate surface area is 121 Å². The van der Waals surface area contributed by atoms with Gasteiger partial charge < -0.3 is 10.1 Å². The van der Waals surface area contributed by atoms with Crippen molar-refractivity contribution in [1.29, 1.82) is 0 Å². The highest BCUT2D eigenvalue weighted by Crippen LogP contribution is 2.33. The molecule has 1 aromatic heterocycles. The topological polar surface area (TPSA) is 66.0 Å². The minimum atomic E-state index is -0.152. The number of nitrogens with zero attached hydrogens (tertiary/aromatic N) is 1. The summed E-state index contributed by atoms with van der Waals surface area (Å²) in [7, 11) is 0. The lowest BCUT2D eigenvalue weighted by molar-refractivity contribution is 0.475. The molecule has 0 unspecified atom stereocenters. The highest BCUT2D eigenvalue weighted by atomic mass is 35.5. The van der Waals surface area contributed by atoms with E-state index in [1.165, 1.54) is 18.9 Å². The Morgan fingerprint density at radius 1 is 1.25 bits per heavy atom. The third-order valence-corrected chi connectivity index (χ3v) is 4.06. The first-order chi connectivity index (χ1) is 9.63. The van der Waals surface area contributed by atoms with Gasteiger partial charge in [-0.1, -0.05) is 24.4 Å². The van der Waals surface area contributed by atoms with Crippen LogP contribution < -0.4 is 5.56 Å². The lowest BCUT2D eigenvalue weighted by Gasteiger charge is -2.10. The number of phenols is 1. The molecule has 4 nitrogen and oxygen atoms in total. The Hall–Kier alpha value is -1.81. The summed E-state index contributed by atoms with van der Waals surface area (Å²) in [6.07, 6.45) is 4.57. The summed E-state index contributed by atoms with van der Waals surface area (Å²) in [4.78, 5) is 19.1. The summed E-state index contributed by atoms with van der Waals surface area (Å²) >= 11 is 5.90. The molecule has 0 atom stereocenters. The predicted octanol–water partition coefficient (Wildman–Crippen LogP) is 3.45. The standard InChI is InChI=1S/C15H15ClN2O2/c16-11-7-10(5-6-13(11)19)15-17-12(8-14(20)18-15)9-3-1-2-4-9/h5-9,19H,1-4H2,(H,17,18,20). The van der Waals surface area contributed by atoms with Gasteiger partial charge in [0.1, 0.15) is 11.6 Å². The van der Waals surface area contributed by atoms with Gasteiger partial charge in [0.25, 0.3) is 5.56 Å². The molecule has 1 saturated carbocycles. The van der Waals surface area contributed by atoms with E-state index in [1.54, 1.807) is 18.2 Å². The molecule has 2 N–H and O–H groups in total. The smallest absolute Gasteiger partial charge is 0.251 e. The van der Waals surface area contributed by atoms with E-state index in [9.17, 15) is 9.90 Å². The van der Waals surface area contributed by atoms with Crippen LogP contribution in [0.15, 0.2) is 29.1 Å². The van der Waals surface area contributed by atoms with Gasteiger partial charge in [0.05, 0.1) is 10.7 Å². The molecule has 0 amide bonds. The van der Waals surface area contributed by atoms with Crippen LogP contribution in [0.3, 0.4) is 0 Å². The fourth-order valence-electron chi connectivity index (χ4n) is 2.70. The lowest BCUT2D eigenvalue weighted by Crippen LogP contribution is -2.12. The summed E-state index contributed by atoms with van der Waals surface area (Å²) in [5.74, 6) is 0.898. The number of hydrogen-bond donors (Lipinski definition) is 2. The molecule has 3 rings (SSSR count). The fraction of sp³-hybridized carbons (Fsp3) is 0.333. The fourth-order valence-corrected chi connectivity index (χ4v) is 2.88. The lowest BCUT2D eigenvalue weighted by atomic mass is 10.0. The summed E-state index contributed by atoms with van der Waals surface area (Å²) in [6, 6.07) is 6.38. The maximum absolute atomic E-state index is 11.8. The molecule has 2 aromatic rings. The SMILES string of the molecule is O=c1cc(C2CCCC2)nc(-c2ccc(O)c(Cl)c2)[nH]1. The number of hydrogen-bond acceptors (Lipinski definition) is 3. The van der Waals surface area contributed by atoms with Crippen molar-refractivity contribution in [3.8, 4) is 17.1 Å². The Balaban J connectivity index is 2.04. The Kier molecular flexibility index (Phi) is 3.49. The van der Waals surface area contributed by atoms with Crippen molar-refractivity contribution in [3.63, 3.8) is 0 Å². The van der Waals surface area contributed by atoms with Crippen molar-refractivity contribution in [2.45, 2.75) is 31.6 Å². The molecule has 1 aliphatic carbocycles. The average Bonchev–Trinajstić information content (AvgIpc) is 2.95. The third-order valence-electron chi connectivity index (χ3n) is 3.76. The first-order valence-electron chi connectivity index (χ1n) is 6.73. The van der Waals surface area contributed by atoms with Gasteiger partial charge in [0.15, 0.2) is 0 Å². The van der Waals surface area contributed by atoms with Crippen molar-refractivity contribution in [2.24, 2.45) is 0 Å². The van der Waals surface area contributed by atoms with Crippen LogP contribution in [0.5, 0.6) is 5.75 Å². The van der Waals surface area contributed by atoms with E-state index in [4.69, 9.17) is 11.6 Å². The molecule has 1 aromatic carbocycles. The Morgan fingerprint density at radius 2 is 2.00 bits per heavy atom. The molecule has 0 radical (unpaired) electrons. The first kappa shape index (κ1) is 13.2. The molecule has 0 aliphatic heterocycles. The molecule has 0 spiro atoms. The van der Waals surface area contributed by atoms with Crippen molar-refractivity contribution >= 4 is 11.6 Å². The van der Waals surface area contributed by atoms with Gasteiger partial charge in [-0.15, -0.1) is 0 Å². The summed E-state index contributed by atoms with van der Waals surface area (Å²) in [5, 5.41) is 9.69. The van der Waals surface area contributed by atoms with Crippen LogP contribution in [0.25, 0.3) is 11.4 Å². The predicted molar refractivity (Wildman–Crippen MR) is 78.2 cm³/mol. The molecule has 20 heavy (non-hydrogen) atoms. The molecule has 0 bridgehead atoms. The average molecular weight is 291 g/mol. The van der Waals surface area contributed by atoms with Crippen molar-refractivity contribution < 1.29 is 5.11 Å². The van der Waals surface area contributed by atoms with Crippen LogP contribution in [-0.2, 0) is 0 Å². The van der Waals surface area contributed by atoms with Crippen molar-refractivity contribution in [2.75, 3.05) is 0 Å². The van der Waals surface area contributed by atoms with Gasteiger partial charge in [-0.05, 0) is 31.0 Å². The zero-order valence-electron chi connectivity index (χ0n) is 10.9. The van der Waals surface area contributed by atoms with Crippen LogP contribution in [0.1, 0.15) is 37.3 Å². The molecule has 5 heteroatoms. The monoisotopic (exact) mass is 290 g/mol. The first-order valence-corrected chi connectivity index (χ1v) is 7.11. The van der Waals surface area contributed by atoms with E-state index in [-0.39, 0.29) is 16.3 Å². The van der Waals surface area contributed by atoms with Crippen LogP contribution in [-0.4, -0.2) is 15.1 Å². The highest BCUT2D eigenvalue weighted by molar-refractivity contribution is 6.32. The number of rotatable bonds is 2. The quantitative estimate of drug-likeness (QED) is 0.890. The van der Waals surface area contributed by atoms with Crippen LogP contribution in [0, 0.1) is 0 Å². The second-order valence-electron chi connectivity index (χ2n) is 5.17. The number of H-pyrrole nitrogens is 1. The number of aromatic nitrogens is 2. The highest BCUT2D eigenvalue weighted by Gasteiger charge is 2.19. The zero-order valence-corrected chi connectivity index (χ0v) is 11.7. The van der Waals surface area contributed by atoms with Crippen LogP contribution >= 0.6 is 11.6 Å². The molecule has 0 saturated heterocycles. The number of benzene rings is 1. The van der Waals surface area contributed by atoms with Crippen molar-refractivity contribution in [1.82, 2.24) is 9.97 Å². The van der Waals surface area contributed by atoms with Gasteiger partial charge in [-0.3, -0.25) is 4.79 Å². The molecular formula is C15H15ClN2O2. The van der Waals surface area contributed by atoms with Gasteiger partial charge in [0.2, 0.25) is 0 Å². The van der Waals surface area contributed by atoms with Crippen LogP contribution in [0.4, 0.5) is 0 Å². The van der Waals surface area contributed by atoms with Gasteiger partial charge in [-0.2, -0.15) is 0 Å². The Bertz CT molecular complexity index is 691. The molecule has 1 aliphatic rings. The van der Waals surface area contributed by atoms with E-state index in [1.807, 2.05) is 0 Å². The zero-order chi connectivity index (χ0) is 14.1. The number of halogens is 1. The molecule has 1 heterocycles. The minimum absolute atomic E-state index is 0.0183. The minimum Gasteiger partial charge on any atom is -0.506 e. The third kappa shape index (κ3) is 2.56. The Morgan fingerprint density at radius 3 is 2.70 bits per heavy atom. The van der Waals surface area contributed by atoms with Crippen LogP contribution in [0.2, 0.25) is 5.02 Å². The number of aromatic hydroxyl groups is 1. The van der Waals surface area contributed by atoms with Gasteiger partial charge in [-0.25, -0.2) is 4.98 Å². The normalized spacial score (nSPS) is 15.7. The number of aromatic amines is 1. The summed E-state index contributed by atoms with van der Waals surface area (Å²) in [5.41, 5.74) is 1.40. The van der Waals surface area contributed by atoms with Crippen molar-refractivity contribution in [3.05, 3.63) is 45.3 Å². The molecule has 104 valence electrons. The molecular weight excluding hydrogens is 276 g/mol. The summed E-state index contributed by atoms with van der Waals surface area (Å²) in [6.45, 7) is 0. The number of nitrogens with one attached hydrogen (secondary N) is 1. The largest absolute Gasteiger partial charge is 0.506 e. The van der Waals surface area contributed by atoms with E-state index >= 15 is 0 Å². The maximum atomic E-state index is 11.8. The van der Waals surface area contributed by atoms with Gasteiger partial charge in [0, 0.05) is 17.5 Å². The number of phenolic OH excluding ortho intramolecular Hbond substituents is 1. The second kappa shape index (κ2) is 5.29. The van der Waals surface area contributed by atoms with E-state index < -0.39 is 0 Å². The molecule has 1 fully saturated rings. The van der Waals surface area contributed by atoms with E-state index in [0.717, 1.165) is 18.5 Å². The van der Waals surface area contributed by atoms with Gasteiger partial charge >= 0.3 is 0 Å². The second-order valence-corrected chi connectivity index (χ2v) is 5.57. The maximum Gasteiger partial charge on any atom is 0.251 e. The summed E-state index contributed by atoms with van der Waals surface area (Å²) < 4.78 is 0. The van der Waals surface area contributed by atoms with E-state index in [0.29, 0.717) is 17.3 Å².